The molecule has 6 heteroatoms. The predicted octanol–water partition coefficient (Wildman–Crippen LogP) is 1.78. The Kier molecular flexibility index (Phi) is 3.92. The molecule has 1 heterocycles. The van der Waals surface area contributed by atoms with Gasteiger partial charge in [-0.3, -0.25) is 4.79 Å². The molecule has 1 aromatic rings. The van der Waals surface area contributed by atoms with Gasteiger partial charge in [0.1, 0.15) is 0 Å². The Hall–Kier alpha value is -1.07. The summed E-state index contributed by atoms with van der Waals surface area (Å²) in [6, 6.07) is 5.08. The number of hydrogen-bond donors (Lipinski definition) is 0. The van der Waals surface area contributed by atoms with Gasteiger partial charge >= 0.3 is 0 Å². The lowest BCUT2D eigenvalue weighted by Gasteiger charge is -2.23. The number of aldehydes is 1. The summed E-state index contributed by atoms with van der Waals surface area (Å²) >= 11 is 5.84. The summed E-state index contributed by atoms with van der Waals surface area (Å²) in [5.41, 5.74) is 1.26. The quantitative estimate of drug-likeness (QED) is 0.778. The third kappa shape index (κ3) is 3.03. The van der Waals surface area contributed by atoms with Gasteiger partial charge in [-0.1, -0.05) is 11.6 Å². The van der Waals surface area contributed by atoms with Crippen molar-refractivity contribution in [3.8, 4) is 0 Å². The molecular formula is C12H14ClNO3S. The van der Waals surface area contributed by atoms with Crippen LogP contribution in [0.2, 0.25) is 5.02 Å². The zero-order chi connectivity index (χ0) is 13.2. The second-order valence-corrected chi connectivity index (χ2v) is 7.05. The van der Waals surface area contributed by atoms with E-state index in [0.717, 1.165) is 12.0 Å². The van der Waals surface area contributed by atoms with E-state index in [0.29, 0.717) is 30.1 Å². The summed E-state index contributed by atoms with van der Waals surface area (Å²) in [5, 5.41) is 0.503. The van der Waals surface area contributed by atoms with Crippen LogP contribution < -0.4 is 4.90 Å². The monoisotopic (exact) mass is 287 g/mol. The summed E-state index contributed by atoms with van der Waals surface area (Å²) in [6.45, 7) is 1.06. The maximum absolute atomic E-state index is 11.5. The van der Waals surface area contributed by atoms with Gasteiger partial charge in [-0.25, -0.2) is 8.42 Å². The SMILES string of the molecule is O=Cc1cc(Cl)ccc1N1CCCS(=O)(=O)CC1. The fourth-order valence-corrected chi connectivity index (χ4v) is 3.54. The Balaban J connectivity index is 2.29. The molecule has 0 N–H and O–H groups in total. The Morgan fingerprint density at radius 3 is 2.72 bits per heavy atom. The van der Waals surface area contributed by atoms with Crippen LogP contribution in [0, 0.1) is 0 Å². The minimum Gasteiger partial charge on any atom is -0.370 e. The number of sulfone groups is 1. The van der Waals surface area contributed by atoms with Crippen molar-refractivity contribution in [2.75, 3.05) is 29.5 Å². The lowest BCUT2D eigenvalue weighted by molar-refractivity contribution is 0.112. The molecule has 4 nitrogen and oxygen atoms in total. The van der Waals surface area contributed by atoms with Gasteiger partial charge in [-0.15, -0.1) is 0 Å². The van der Waals surface area contributed by atoms with Gasteiger partial charge in [0.25, 0.3) is 0 Å². The highest BCUT2D eigenvalue weighted by Crippen LogP contribution is 2.24. The van der Waals surface area contributed by atoms with E-state index in [1.807, 2.05) is 4.90 Å². The number of carbonyl (C=O) groups excluding carboxylic acids is 1. The highest BCUT2D eigenvalue weighted by Gasteiger charge is 2.20. The molecular weight excluding hydrogens is 274 g/mol. The van der Waals surface area contributed by atoms with Crippen molar-refractivity contribution in [1.29, 1.82) is 0 Å². The normalized spacial score (nSPS) is 19.3. The van der Waals surface area contributed by atoms with Crippen molar-refractivity contribution < 1.29 is 13.2 Å². The van der Waals surface area contributed by atoms with E-state index in [4.69, 9.17) is 11.6 Å². The van der Waals surface area contributed by atoms with Crippen molar-refractivity contribution in [3.63, 3.8) is 0 Å². The number of hydrogen-bond acceptors (Lipinski definition) is 4. The molecule has 0 bridgehead atoms. The molecule has 2 rings (SSSR count). The molecule has 0 amide bonds. The molecule has 0 aliphatic carbocycles. The maximum Gasteiger partial charge on any atom is 0.152 e. The first-order chi connectivity index (χ1) is 8.52. The van der Waals surface area contributed by atoms with Gasteiger partial charge in [0.15, 0.2) is 16.1 Å². The van der Waals surface area contributed by atoms with Gasteiger partial charge in [0, 0.05) is 29.4 Å². The van der Waals surface area contributed by atoms with E-state index in [2.05, 4.69) is 0 Å². The Bertz CT molecular complexity index is 556. The van der Waals surface area contributed by atoms with Crippen molar-refractivity contribution in [1.82, 2.24) is 0 Å². The molecule has 98 valence electrons. The average Bonchev–Trinajstić information content (AvgIpc) is 2.50. The van der Waals surface area contributed by atoms with Crippen LogP contribution in [0.15, 0.2) is 18.2 Å². The lowest BCUT2D eigenvalue weighted by atomic mass is 10.1. The van der Waals surface area contributed by atoms with Crippen LogP contribution in [0.3, 0.4) is 0 Å². The smallest absolute Gasteiger partial charge is 0.152 e. The maximum atomic E-state index is 11.5. The summed E-state index contributed by atoms with van der Waals surface area (Å²) in [4.78, 5) is 13.0. The van der Waals surface area contributed by atoms with E-state index in [1.54, 1.807) is 18.2 Å². The van der Waals surface area contributed by atoms with Crippen molar-refractivity contribution in [2.45, 2.75) is 6.42 Å². The van der Waals surface area contributed by atoms with Gasteiger partial charge in [-0.05, 0) is 24.6 Å². The predicted molar refractivity (Wildman–Crippen MR) is 72.3 cm³/mol. The third-order valence-corrected chi connectivity index (χ3v) is 4.96. The summed E-state index contributed by atoms with van der Waals surface area (Å²) in [7, 11) is -2.94. The van der Waals surface area contributed by atoms with E-state index in [-0.39, 0.29) is 11.5 Å². The van der Waals surface area contributed by atoms with Crippen molar-refractivity contribution >= 4 is 33.4 Å². The molecule has 18 heavy (non-hydrogen) atoms. The van der Waals surface area contributed by atoms with Crippen LogP contribution in [-0.2, 0) is 9.84 Å². The van der Waals surface area contributed by atoms with Crippen LogP contribution >= 0.6 is 11.6 Å². The first kappa shape index (κ1) is 13.4. The van der Waals surface area contributed by atoms with Crippen molar-refractivity contribution in [2.24, 2.45) is 0 Å². The fourth-order valence-electron chi connectivity index (χ4n) is 2.09. The summed E-state index contributed by atoms with van der Waals surface area (Å²) < 4.78 is 23.1. The molecule has 1 aromatic carbocycles. The first-order valence-electron chi connectivity index (χ1n) is 5.72. The van der Waals surface area contributed by atoms with Crippen LogP contribution in [0.25, 0.3) is 0 Å². The Morgan fingerprint density at radius 2 is 2.00 bits per heavy atom. The van der Waals surface area contributed by atoms with Gasteiger partial charge in [0.2, 0.25) is 0 Å². The number of nitrogens with zero attached hydrogens (tertiary/aromatic N) is 1. The molecule has 0 spiro atoms. The minimum absolute atomic E-state index is 0.133. The fraction of sp³-hybridized carbons (Fsp3) is 0.417. The molecule has 1 aliphatic rings. The van der Waals surface area contributed by atoms with E-state index in [1.165, 1.54) is 0 Å². The topological polar surface area (TPSA) is 54.5 Å². The van der Waals surface area contributed by atoms with E-state index in [9.17, 15) is 13.2 Å². The average molecular weight is 288 g/mol. The molecule has 1 saturated heterocycles. The standard InChI is InChI=1S/C12H14ClNO3S/c13-11-2-3-12(10(8-11)9-15)14-4-1-6-18(16,17)7-5-14/h2-3,8-9H,1,4-7H2. The van der Waals surface area contributed by atoms with E-state index >= 15 is 0 Å². The molecule has 0 saturated carbocycles. The van der Waals surface area contributed by atoms with Crippen molar-refractivity contribution in [3.05, 3.63) is 28.8 Å². The second kappa shape index (κ2) is 5.28. The summed E-state index contributed by atoms with van der Waals surface area (Å²) in [5.74, 6) is 0.349. The minimum atomic E-state index is -2.94. The molecule has 1 aliphatic heterocycles. The molecule has 0 atom stereocenters. The van der Waals surface area contributed by atoms with Crippen LogP contribution in [0.4, 0.5) is 5.69 Å². The number of benzene rings is 1. The number of anilines is 1. The number of rotatable bonds is 2. The highest BCUT2D eigenvalue weighted by atomic mass is 35.5. The lowest BCUT2D eigenvalue weighted by Crippen LogP contribution is -2.27. The van der Waals surface area contributed by atoms with E-state index < -0.39 is 9.84 Å². The molecule has 1 fully saturated rings. The van der Waals surface area contributed by atoms with Crippen LogP contribution in [0.5, 0.6) is 0 Å². The number of carbonyl (C=O) groups is 1. The van der Waals surface area contributed by atoms with Crippen LogP contribution in [-0.4, -0.2) is 39.3 Å². The zero-order valence-corrected chi connectivity index (χ0v) is 11.4. The first-order valence-corrected chi connectivity index (χ1v) is 7.92. The second-order valence-electron chi connectivity index (χ2n) is 4.31. The Morgan fingerprint density at radius 1 is 1.22 bits per heavy atom. The van der Waals surface area contributed by atoms with Gasteiger partial charge < -0.3 is 4.90 Å². The highest BCUT2D eigenvalue weighted by molar-refractivity contribution is 7.91. The van der Waals surface area contributed by atoms with Gasteiger partial charge in [-0.2, -0.15) is 0 Å². The largest absolute Gasteiger partial charge is 0.370 e. The molecule has 0 radical (unpaired) electrons. The third-order valence-electron chi connectivity index (χ3n) is 3.01. The molecule has 0 unspecified atom stereocenters. The van der Waals surface area contributed by atoms with Crippen LogP contribution in [0.1, 0.15) is 16.8 Å². The molecule has 0 aromatic heterocycles. The summed E-state index contributed by atoms with van der Waals surface area (Å²) in [6.07, 6.45) is 1.34. The van der Waals surface area contributed by atoms with Gasteiger partial charge in [0.05, 0.1) is 11.5 Å². The number of halogens is 1. The Labute approximate surface area is 111 Å². The zero-order valence-electron chi connectivity index (χ0n) is 9.80.